The Morgan fingerprint density at radius 3 is 2.75 bits per heavy atom. The molecule has 0 aliphatic heterocycles. The van der Waals surface area contributed by atoms with Crippen LogP contribution in [0.2, 0.25) is 5.02 Å². The summed E-state index contributed by atoms with van der Waals surface area (Å²) < 4.78 is 7.12. The molecule has 5 nitrogen and oxygen atoms in total. The lowest BCUT2D eigenvalue weighted by atomic mass is 10.1. The van der Waals surface area contributed by atoms with Gasteiger partial charge in [-0.05, 0) is 13.8 Å². The molecule has 1 unspecified atom stereocenters. The Labute approximate surface area is 101 Å². The molecule has 0 saturated carbocycles. The Morgan fingerprint density at radius 1 is 1.62 bits per heavy atom. The summed E-state index contributed by atoms with van der Waals surface area (Å²) in [7, 11) is 1.88. The molecular weight excluding hydrogens is 228 g/mol. The highest BCUT2D eigenvalue weighted by Crippen LogP contribution is 2.20. The van der Waals surface area contributed by atoms with Gasteiger partial charge in [0.25, 0.3) is 0 Å². The van der Waals surface area contributed by atoms with E-state index in [9.17, 15) is 0 Å². The van der Waals surface area contributed by atoms with Gasteiger partial charge in [-0.2, -0.15) is 5.10 Å². The summed E-state index contributed by atoms with van der Waals surface area (Å²) in [6.45, 7) is 5.08. The summed E-state index contributed by atoms with van der Waals surface area (Å²) in [6, 6.07) is 0.0484. The number of hydrogen-bond acceptors (Lipinski definition) is 4. The Balaban J connectivity index is 2.69. The largest absolute Gasteiger partial charge is 0.380 e. The van der Waals surface area contributed by atoms with Gasteiger partial charge in [0, 0.05) is 26.1 Å². The summed E-state index contributed by atoms with van der Waals surface area (Å²) >= 11 is 6.16. The summed E-state index contributed by atoms with van der Waals surface area (Å²) in [4.78, 5) is 0. The number of nitrogens with zero attached hydrogens (tertiary/aromatic N) is 2. The van der Waals surface area contributed by atoms with Gasteiger partial charge in [0.15, 0.2) is 0 Å². The molecule has 1 rings (SSSR count). The van der Waals surface area contributed by atoms with Gasteiger partial charge in [-0.15, -0.1) is 0 Å². The van der Waals surface area contributed by atoms with Gasteiger partial charge in [-0.1, -0.05) is 11.6 Å². The lowest BCUT2D eigenvalue weighted by molar-refractivity contribution is 0.122. The van der Waals surface area contributed by atoms with E-state index in [-0.39, 0.29) is 6.04 Å². The van der Waals surface area contributed by atoms with Crippen molar-refractivity contribution in [3.05, 3.63) is 16.4 Å². The summed E-state index contributed by atoms with van der Waals surface area (Å²) in [6.07, 6.45) is 0.701. The average Bonchev–Trinajstić information content (AvgIpc) is 2.50. The maximum atomic E-state index is 6.16. The van der Waals surface area contributed by atoms with Crippen molar-refractivity contribution in [1.29, 1.82) is 0 Å². The number of aryl methyl sites for hydroxylation is 2. The van der Waals surface area contributed by atoms with Crippen LogP contribution in [-0.2, 0) is 18.2 Å². The van der Waals surface area contributed by atoms with Gasteiger partial charge in [-0.3, -0.25) is 16.0 Å². The fourth-order valence-corrected chi connectivity index (χ4v) is 1.80. The molecular formula is C10H19ClN4O. The lowest BCUT2D eigenvalue weighted by Gasteiger charge is -2.15. The van der Waals surface area contributed by atoms with E-state index in [4.69, 9.17) is 22.2 Å². The smallest absolute Gasteiger partial charge is 0.0847 e. The topological polar surface area (TPSA) is 65.1 Å². The monoisotopic (exact) mass is 246 g/mol. The Morgan fingerprint density at radius 2 is 2.31 bits per heavy atom. The maximum absolute atomic E-state index is 6.16. The Kier molecular flexibility index (Phi) is 5.21. The van der Waals surface area contributed by atoms with E-state index in [1.165, 1.54) is 0 Å². The van der Waals surface area contributed by atoms with E-state index in [0.29, 0.717) is 24.7 Å². The molecule has 0 fully saturated rings. The van der Waals surface area contributed by atoms with E-state index in [1.807, 2.05) is 20.9 Å². The molecule has 0 aliphatic rings. The van der Waals surface area contributed by atoms with Crippen LogP contribution in [-0.4, -0.2) is 29.0 Å². The van der Waals surface area contributed by atoms with Crippen molar-refractivity contribution in [3.63, 3.8) is 0 Å². The minimum absolute atomic E-state index is 0.0484. The molecule has 6 heteroatoms. The quantitative estimate of drug-likeness (QED) is 0.576. The van der Waals surface area contributed by atoms with Crippen LogP contribution >= 0.6 is 11.6 Å². The van der Waals surface area contributed by atoms with Crippen molar-refractivity contribution in [2.75, 3.05) is 13.2 Å². The third-order valence-electron chi connectivity index (χ3n) is 2.46. The molecule has 1 heterocycles. The van der Waals surface area contributed by atoms with Gasteiger partial charge in [-0.25, -0.2) is 0 Å². The zero-order valence-electron chi connectivity index (χ0n) is 9.96. The normalized spacial score (nSPS) is 13.1. The molecule has 1 aromatic rings. The number of nitrogens with two attached hydrogens (primary N) is 1. The molecule has 0 bridgehead atoms. The van der Waals surface area contributed by atoms with Gasteiger partial charge >= 0.3 is 0 Å². The third-order valence-corrected chi connectivity index (χ3v) is 2.95. The highest BCUT2D eigenvalue weighted by atomic mass is 35.5. The van der Waals surface area contributed by atoms with E-state index in [0.717, 1.165) is 11.4 Å². The van der Waals surface area contributed by atoms with Gasteiger partial charge < -0.3 is 4.74 Å². The van der Waals surface area contributed by atoms with Crippen molar-refractivity contribution in [2.24, 2.45) is 12.9 Å². The first-order valence-electron chi connectivity index (χ1n) is 5.32. The summed E-state index contributed by atoms with van der Waals surface area (Å²) in [5.41, 5.74) is 4.54. The molecule has 0 saturated heterocycles. The number of aromatic nitrogens is 2. The van der Waals surface area contributed by atoms with Crippen LogP contribution in [0.25, 0.3) is 0 Å². The zero-order valence-corrected chi connectivity index (χ0v) is 10.7. The fourth-order valence-electron chi connectivity index (χ4n) is 1.56. The molecule has 0 aromatic carbocycles. The van der Waals surface area contributed by atoms with Gasteiger partial charge in [0.1, 0.15) is 0 Å². The number of hydrazine groups is 1. The van der Waals surface area contributed by atoms with Gasteiger partial charge in [0.2, 0.25) is 0 Å². The second-order valence-electron chi connectivity index (χ2n) is 3.70. The highest BCUT2D eigenvalue weighted by molar-refractivity contribution is 6.31. The molecule has 3 N–H and O–H groups in total. The first-order valence-corrected chi connectivity index (χ1v) is 5.69. The summed E-state index contributed by atoms with van der Waals surface area (Å²) in [5.74, 6) is 5.47. The van der Waals surface area contributed by atoms with Crippen LogP contribution in [0.15, 0.2) is 0 Å². The molecule has 0 amide bonds. The third kappa shape index (κ3) is 3.18. The van der Waals surface area contributed by atoms with Crippen LogP contribution in [0.5, 0.6) is 0 Å². The van der Waals surface area contributed by atoms with E-state index in [2.05, 4.69) is 10.5 Å². The molecule has 92 valence electrons. The molecule has 0 radical (unpaired) electrons. The van der Waals surface area contributed by atoms with E-state index in [1.54, 1.807) is 4.68 Å². The lowest BCUT2D eigenvalue weighted by Crippen LogP contribution is -2.40. The molecule has 0 spiro atoms. The number of hydrogen-bond donors (Lipinski definition) is 2. The maximum Gasteiger partial charge on any atom is 0.0847 e. The minimum Gasteiger partial charge on any atom is -0.380 e. The van der Waals surface area contributed by atoms with Crippen molar-refractivity contribution in [2.45, 2.75) is 26.3 Å². The second-order valence-corrected chi connectivity index (χ2v) is 4.07. The van der Waals surface area contributed by atoms with Crippen LogP contribution in [0, 0.1) is 6.92 Å². The van der Waals surface area contributed by atoms with Gasteiger partial charge in [0.05, 0.1) is 23.0 Å². The van der Waals surface area contributed by atoms with Crippen molar-refractivity contribution in [1.82, 2.24) is 15.2 Å². The standard InChI is InChI=1S/C10H19ClN4O/c1-4-16-6-8(13-12)5-9-10(11)7(2)14-15(9)3/h8,13H,4-6,12H2,1-3H3. The highest BCUT2D eigenvalue weighted by Gasteiger charge is 2.16. The Bertz CT molecular complexity index is 340. The molecule has 1 aromatic heterocycles. The van der Waals surface area contributed by atoms with E-state index < -0.39 is 0 Å². The SMILES string of the molecule is CCOCC(Cc1c(Cl)c(C)nn1C)NN. The van der Waals surface area contributed by atoms with Crippen LogP contribution in [0.1, 0.15) is 18.3 Å². The minimum atomic E-state index is 0.0484. The first-order chi connectivity index (χ1) is 7.60. The van der Waals surface area contributed by atoms with Crippen LogP contribution < -0.4 is 11.3 Å². The number of halogens is 1. The fraction of sp³-hybridized carbons (Fsp3) is 0.700. The number of ether oxygens (including phenoxy) is 1. The van der Waals surface area contributed by atoms with Crippen molar-refractivity contribution < 1.29 is 4.74 Å². The van der Waals surface area contributed by atoms with Crippen molar-refractivity contribution in [3.8, 4) is 0 Å². The predicted molar refractivity (Wildman–Crippen MR) is 64.3 cm³/mol. The molecule has 1 atom stereocenters. The Hall–Kier alpha value is -0.620. The number of rotatable bonds is 6. The zero-order chi connectivity index (χ0) is 12.1. The van der Waals surface area contributed by atoms with Crippen molar-refractivity contribution >= 4 is 11.6 Å². The first kappa shape index (κ1) is 13.4. The van der Waals surface area contributed by atoms with Crippen LogP contribution in [0.3, 0.4) is 0 Å². The van der Waals surface area contributed by atoms with E-state index >= 15 is 0 Å². The average molecular weight is 247 g/mol. The van der Waals surface area contributed by atoms with Crippen LogP contribution in [0.4, 0.5) is 0 Å². The number of nitrogens with one attached hydrogen (secondary N) is 1. The predicted octanol–water partition coefficient (Wildman–Crippen LogP) is 0.793. The molecule has 16 heavy (non-hydrogen) atoms. The molecule has 0 aliphatic carbocycles. The summed E-state index contributed by atoms with van der Waals surface area (Å²) in [5, 5.41) is 4.96. The second kappa shape index (κ2) is 6.20.